The summed E-state index contributed by atoms with van der Waals surface area (Å²) in [7, 11) is 0. The normalized spacial score (nSPS) is 16.7. The lowest BCUT2D eigenvalue weighted by Gasteiger charge is -2.18. The highest BCUT2D eigenvalue weighted by molar-refractivity contribution is 4.64. The molecule has 0 rings (SSSR count). The van der Waals surface area contributed by atoms with Crippen LogP contribution >= 0.6 is 0 Å². The fourth-order valence-corrected chi connectivity index (χ4v) is 0. The molecular formula is C5H15N2+. The highest BCUT2D eigenvalue weighted by Gasteiger charge is 2.18. The standard InChI is InChI=1S/C5H14N2/c1-5(2,3)4(6)7/h4H,6-7H2,1-3H3/p+1. The predicted molar refractivity (Wildman–Crippen MR) is 30.3 cm³/mol. The zero-order chi connectivity index (χ0) is 6.08. The van der Waals surface area contributed by atoms with E-state index in [2.05, 4.69) is 26.5 Å². The lowest BCUT2D eigenvalue weighted by atomic mass is 9.94. The Morgan fingerprint density at radius 1 is 1.43 bits per heavy atom. The average molecular weight is 103 g/mol. The molecule has 44 valence electrons. The van der Waals surface area contributed by atoms with Gasteiger partial charge in [-0.2, -0.15) is 0 Å². The van der Waals surface area contributed by atoms with Gasteiger partial charge in [0.05, 0.1) is 0 Å². The molecule has 0 aromatic rings. The van der Waals surface area contributed by atoms with E-state index in [4.69, 9.17) is 5.73 Å². The quantitative estimate of drug-likeness (QED) is 0.401. The number of rotatable bonds is 0. The molecule has 0 saturated heterocycles. The molecule has 2 heteroatoms. The van der Waals surface area contributed by atoms with Crippen molar-refractivity contribution < 1.29 is 5.73 Å². The summed E-state index contributed by atoms with van der Waals surface area (Å²) in [6.45, 7) is 6.22. The van der Waals surface area contributed by atoms with E-state index in [-0.39, 0.29) is 11.6 Å². The maximum Gasteiger partial charge on any atom is 0.140 e. The van der Waals surface area contributed by atoms with Crippen LogP contribution in [0.2, 0.25) is 0 Å². The van der Waals surface area contributed by atoms with Crippen molar-refractivity contribution in [3.05, 3.63) is 0 Å². The van der Waals surface area contributed by atoms with Crippen LogP contribution in [-0.2, 0) is 0 Å². The van der Waals surface area contributed by atoms with Crippen molar-refractivity contribution in [3.8, 4) is 0 Å². The first kappa shape index (κ1) is 6.92. The van der Waals surface area contributed by atoms with Crippen LogP contribution in [0, 0.1) is 5.41 Å². The van der Waals surface area contributed by atoms with E-state index in [9.17, 15) is 0 Å². The molecule has 0 aromatic heterocycles. The minimum atomic E-state index is 0.0486. The van der Waals surface area contributed by atoms with E-state index in [0.717, 1.165) is 0 Å². The van der Waals surface area contributed by atoms with Gasteiger partial charge in [0.15, 0.2) is 0 Å². The van der Waals surface area contributed by atoms with Crippen molar-refractivity contribution in [2.24, 2.45) is 11.1 Å². The molecule has 2 nitrogen and oxygen atoms in total. The van der Waals surface area contributed by atoms with Crippen molar-refractivity contribution in [2.45, 2.75) is 26.9 Å². The Labute approximate surface area is 44.9 Å². The van der Waals surface area contributed by atoms with E-state index in [1.165, 1.54) is 0 Å². The number of quaternary nitrogens is 1. The zero-order valence-corrected chi connectivity index (χ0v) is 5.36. The first-order chi connectivity index (χ1) is 2.94. The SMILES string of the molecule is CC(C)(C)C(N)[NH3+]. The van der Waals surface area contributed by atoms with Crippen molar-refractivity contribution in [1.82, 2.24) is 0 Å². The van der Waals surface area contributed by atoms with Gasteiger partial charge in [0.25, 0.3) is 0 Å². The number of nitrogens with two attached hydrogens (primary N) is 1. The van der Waals surface area contributed by atoms with Crippen LogP contribution in [0.25, 0.3) is 0 Å². The number of hydrogen-bond acceptors (Lipinski definition) is 1. The molecule has 0 bridgehead atoms. The molecule has 0 saturated carbocycles. The molecule has 7 heavy (non-hydrogen) atoms. The second kappa shape index (κ2) is 1.80. The van der Waals surface area contributed by atoms with Gasteiger partial charge >= 0.3 is 0 Å². The molecule has 0 spiro atoms. The molecule has 0 aliphatic heterocycles. The van der Waals surface area contributed by atoms with E-state index in [1.54, 1.807) is 0 Å². The van der Waals surface area contributed by atoms with Crippen LogP contribution in [0.4, 0.5) is 0 Å². The molecular weight excluding hydrogens is 88.1 g/mol. The highest BCUT2D eigenvalue weighted by atomic mass is 14.9. The van der Waals surface area contributed by atoms with Crippen molar-refractivity contribution >= 4 is 0 Å². The van der Waals surface area contributed by atoms with Crippen LogP contribution in [-0.4, -0.2) is 6.17 Å². The third-order valence-electron chi connectivity index (χ3n) is 1.11. The second-order valence-corrected chi connectivity index (χ2v) is 2.97. The summed E-state index contributed by atoms with van der Waals surface area (Å²) in [5, 5.41) is 0. The van der Waals surface area contributed by atoms with Crippen LogP contribution in [0.15, 0.2) is 0 Å². The third kappa shape index (κ3) is 2.60. The van der Waals surface area contributed by atoms with E-state index >= 15 is 0 Å². The summed E-state index contributed by atoms with van der Waals surface area (Å²) >= 11 is 0. The smallest absolute Gasteiger partial charge is 0.140 e. The van der Waals surface area contributed by atoms with Crippen molar-refractivity contribution in [1.29, 1.82) is 0 Å². The van der Waals surface area contributed by atoms with E-state index in [1.807, 2.05) is 0 Å². The molecule has 0 fully saturated rings. The fourth-order valence-electron chi connectivity index (χ4n) is 0. The summed E-state index contributed by atoms with van der Waals surface area (Å²) in [5.74, 6) is 0. The maximum atomic E-state index is 5.46. The highest BCUT2D eigenvalue weighted by Crippen LogP contribution is 2.11. The van der Waals surface area contributed by atoms with Gasteiger partial charge in [-0.05, 0) is 0 Å². The molecule has 0 amide bonds. The first-order valence-electron chi connectivity index (χ1n) is 2.53. The minimum absolute atomic E-state index is 0.0486. The second-order valence-electron chi connectivity index (χ2n) is 2.97. The van der Waals surface area contributed by atoms with Gasteiger partial charge in [-0.15, -0.1) is 0 Å². The Kier molecular flexibility index (Phi) is 1.78. The molecule has 1 atom stereocenters. The predicted octanol–water partition coefficient (Wildman–Crippen LogP) is -0.441. The average Bonchev–Trinajstić information content (AvgIpc) is 1.31. The summed E-state index contributed by atoms with van der Waals surface area (Å²) < 4.78 is 0. The van der Waals surface area contributed by atoms with Gasteiger partial charge < -0.3 is 5.73 Å². The van der Waals surface area contributed by atoms with Gasteiger partial charge in [-0.1, -0.05) is 20.8 Å². The van der Waals surface area contributed by atoms with Crippen molar-refractivity contribution in [2.75, 3.05) is 0 Å². The fraction of sp³-hybridized carbons (Fsp3) is 1.00. The summed E-state index contributed by atoms with van der Waals surface area (Å²) in [6.07, 6.45) is 0.0486. The Bertz CT molecular complexity index is 51.6. The largest absolute Gasteiger partial charge is 0.342 e. The molecule has 0 radical (unpaired) electrons. The Hall–Kier alpha value is -0.0800. The summed E-state index contributed by atoms with van der Waals surface area (Å²) in [6, 6.07) is 0. The third-order valence-corrected chi connectivity index (χ3v) is 1.11. The van der Waals surface area contributed by atoms with Crippen LogP contribution < -0.4 is 11.5 Å². The molecule has 1 unspecified atom stereocenters. The lowest BCUT2D eigenvalue weighted by Crippen LogP contribution is -2.71. The van der Waals surface area contributed by atoms with Crippen LogP contribution in [0.1, 0.15) is 20.8 Å². The van der Waals surface area contributed by atoms with Gasteiger partial charge in [0, 0.05) is 5.41 Å². The first-order valence-corrected chi connectivity index (χ1v) is 2.53. The topological polar surface area (TPSA) is 53.7 Å². The summed E-state index contributed by atoms with van der Waals surface area (Å²) in [5.41, 5.74) is 9.31. The van der Waals surface area contributed by atoms with Crippen molar-refractivity contribution in [3.63, 3.8) is 0 Å². The molecule has 0 aliphatic rings. The van der Waals surface area contributed by atoms with Gasteiger partial charge in [0.1, 0.15) is 6.17 Å². The molecule has 0 heterocycles. The lowest BCUT2D eigenvalue weighted by molar-refractivity contribution is -0.441. The van der Waals surface area contributed by atoms with Gasteiger partial charge in [0.2, 0.25) is 0 Å². The van der Waals surface area contributed by atoms with E-state index < -0.39 is 0 Å². The van der Waals surface area contributed by atoms with E-state index in [0.29, 0.717) is 0 Å². The minimum Gasteiger partial charge on any atom is -0.342 e. The van der Waals surface area contributed by atoms with Gasteiger partial charge in [-0.25, -0.2) is 0 Å². The monoisotopic (exact) mass is 103 g/mol. The summed E-state index contributed by atoms with van der Waals surface area (Å²) in [4.78, 5) is 0. The van der Waals surface area contributed by atoms with Gasteiger partial charge in [-0.3, -0.25) is 5.73 Å². The Morgan fingerprint density at radius 2 is 1.57 bits per heavy atom. The Balaban J connectivity index is 3.54. The molecule has 0 aliphatic carbocycles. The Morgan fingerprint density at radius 3 is 1.57 bits per heavy atom. The van der Waals surface area contributed by atoms with Crippen LogP contribution in [0.3, 0.4) is 0 Å². The molecule has 0 aromatic carbocycles. The molecule has 5 N–H and O–H groups in total. The zero-order valence-electron chi connectivity index (χ0n) is 5.36. The number of hydrogen-bond donors (Lipinski definition) is 2. The van der Waals surface area contributed by atoms with Crippen LogP contribution in [0.5, 0.6) is 0 Å². The maximum absolute atomic E-state index is 5.46.